The number of hydrogen-bond donors (Lipinski definition) is 7. The Bertz CT molecular complexity index is 667. The Balaban J connectivity index is 5.45. The highest BCUT2D eigenvalue weighted by molar-refractivity contribution is 5.94. The summed E-state index contributed by atoms with van der Waals surface area (Å²) in [5, 5.41) is 16.0. The molecule has 0 fully saturated rings. The van der Waals surface area contributed by atoms with Crippen molar-refractivity contribution >= 4 is 35.5 Å². The summed E-state index contributed by atoms with van der Waals surface area (Å²) < 4.78 is 0. The second-order valence-corrected chi connectivity index (χ2v) is 7.09. The summed E-state index contributed by atoms with van der Waals surface area (Å²) in [6.07, 6.45) is -0.938. The first-order valence-electron chi connectivity index (χ1n) is 9.26. The SMILES string of the molecule is CC(C)CC(NC(=O)CN)C(=O)NC(CCC(N)=O)C(=O)NC(CC(N)=O)C(=O)O. The monoisotopic (exact) mass is 430 g/mol. The van der Waals surface area contributed by atoms with E-state index in [0.717, 1.165) is 0 Å². The summed E-state index contributed by atoms with van der Waals surface area (Å²) in [5.41, 5.74) is 15.3. The van der Waals surface area contributed by atoms with Crippen molar-refractivity contribution in [2.75, 3.05) is 6.54 Å². The van der Waals surface area contributed by atoms with Crippen LogP contribution in [0.15, 0.2) is 0 Å². The van der Waals surface area contributed by atoms with Gasteiger partial charge in [0.2, 0.25) is 29.5 Å². The summed E-state index contributed by atoms with van der Waals surface area (Å²) in [5.74, 6) is -5.46. The maximum Gasteiger partial charge on any atom is 0.326 e. The summed E-state index contributed by atoms with van der Waals surface area (Å²) in [7, 11) is 0. The van der Waals surface area contributed by atoms with Crippen LogP contribution in [0, 0.1) is 5.92 Å². The number of nitrogens with two attached hydrogens (primary N) is 3. The zero-order valence-corrected chi connectivity index (χ0v) is 17.0. The molecule has 0 radical (unpaired) electrons. The van der Waals surface area contributed by atoms with Crippen LogP contribution in [-0.2, 0) is 28.8 Å². The Morgan fingerprint density at radius 3 is 1.80 bits per heavy atom. The lowest BCUT2D eigenvalue weighted by Crippen LogP contribution is -2.56. The second-order valence-electron chi connectivity index (χ2n) is 7.09. The third kappa shape index (κ3) is 10.9. The Hall–Kier alpha value is -3.22. The van der Waals surface area contributed by atoms with Crippen LogP contribution in [0.25, 0.3) is 0 Å². The van der Waals surface area contributed by atoms with Crippen molar-refractivity contribution in [1.29, 1.82) is 0 Å². The molecule has 0 saturated heterocycles. The summed E-state index contributed by atoms with van der Waals surface area (Å²) >= 11 is 0. The zero-order valence-electron chi connectivity index (χ0n) is 17.0. The van der Waals surface area contributed by atoms with Crippen LogP contribution in [0.4, 0.5) is 0 Å². The van der Waals surface area contributed by atoms with E-state index in [-0.39, 0.29) is 31.7 Å². The highest BCUT2D eigenvalue weighted by Gasteiger charge is 2.30. The molecule has 0 bridgehead atoms. The largest absolute Gasteiger partial charge is 0.480 e. The predicted octanol–water partition coefficient (Wildman–Crippen LogP) is -3.33. The van der Waals surface area contributed by atoms with E-state index in [1.54, 1.807) is 0 Å². The molecule has 0 aliphatic heterocycles. The number of amides is 5. The molecule has 30 heavy (non-hydrogen) atoms. The molecule has 0 aromatic heterocycles. The third-order valence-electron chi connectivity index (χ3n) is 3.88. The van der Waals surface area contributed by atoms with Crippen LogP contribution < -0.4 is 33.2 Å². The molecule has 0 saturated carbocycles. The Morgan fingerprint density at radius 1 is 0.833 bits per heavy atom. The maximum absolute atomic E-state index is 12.6. The third-order valence-corrected chi connectivity index (χ3v) is 3.88. The van der Waals surface area contributed by atoms with Gasteiger partial charge >= 0.3 is 5.97 Å². The lowest BCUT2D eigenvalue weighted by atomic mass is 10.0. The lowest BCUT2D eigenvalue weighted by molar-refractivity contribution is -0.144. The Kier molecular flexibility index (Phi) is 11.7. The van der Waals surface area contributed by atoms with E-state index in [9.17, 15) is 28.8 Å². The first kappa shape index (κ1) is 26.8. The zero-order chi connectivity index (χ0) is 23.4. The van der Waals surface area contributed by atoms with Crippen LogP contribution >= 0.6 is 0 Å². The molecule has 0 heterocycles. The molecule has 10 N–H and O–H groups in total. The van der Waals surface area contributed by atoms with Crippen molar-refractivity contribution in [3.8, 4) is 0 Å². The van der Waals surface area contributed by atoms with Crippen molar-refractivity contribution in [3.05, 3.63) is 0 Å². The fraction of sp³-hybridized carbons (Fsp3) is 0.647. The molecule has 0 aliphatic carbocycles. The second kappa shape index (κ2) is 13.1. The standard InChI is InChI=1S/C17H30N6O7/c1-8(2)5-10(21-14(26)7-18)16(28)22-9(3-4-12(19)24)15(27)23-11(17(29)30)6-13(20)25/h8-11H,3-7,18H2,1-2H3,(H2,19,24)(H2,20,25)(H,21,26)(H,22,28)(H,23,27)(H,29,30). The smallest absolute Gasteiger partial charge is 0.326 e. The number of carboxylic acids is 1. The maximum atomic E-state index is 12.6. The van der Waals surface area contributed by atoms with Gasteiger partial charge in [0.15, 0.2) is 0 Å². The van der Waals surface area contributed by atoms with E-state index in [2.05, 4.69) is 16.0 Å². The van der Waals surface area contributed by atoms with E-state index >= 15 is 0 Å². The van der Waals surface area contributed by atoms with E-state index in [1.807, 2.05) is 13.8 Å². The predicted molar refractivity (Wildman–Crippen MR) is 104 cm³/mol. The highest BCUT2D eigenvalue weighted by atomic mass is 16.4. The number of carbonyl (C=O) groups is 6. The number of rotatable bonds is 14. The van der Waals surface area contributed by atoms with Crippen molar-refractivity contribution in [3.63, 3.8) is 0 Å². The van der Waals surface area contributed by atoms with Gasteiger partial charge in [0.1, 0.15) is 18.1 Å². The molecule has 170 valence electrons. The average Bonchev–Trinajstić information content (AvgIpc) is 2.62. The molecule has 0 aliphatic rings. The minimum absolute atomic E-state index is 0.00341. The number of carbonyl (C=O) groups excluding carboxylic acids is 5. The van der Waals surface area contributed by atoms with Gasteiger partial charge in [-0.3, -0.25) is 24.0 Å². The van der Waals surface area contributed by atoms with Gasteiger partial charge < -0.3 is 38.3 Å². The fourth-order valence-electron chi connectivity index (χ4n) is 2.46. The first-order valence-corrected chi connectivity index (χ1v) is 9.26. The van der Waals surface area contributed by atoms with E-state index in [4.69, 9.17) is 22.3 Å². The molecule has 3 atom stereocenters. The summed E-state index contributed by atoms with van der Waals surface area (Å²) in [4.78, 5) is 70.1. The van der Waals surface area contributed by atoms with Gasteiger partial charge in [-0.2, -0.15) is 0 Å². The summed E-state index contributed by atoms with van der Waals surface area (Å²) in [6, 6.07) is -3.97. The van der Waals surface area contributed by atoms with Crippen molar-refractivity contribution in [2.45, 2.75) is 57.7 Å². The first-order chi connectivity index (χ1) is 13.9. The quantitative estimate of drug-likeness (QED) is 0.147. The highest BCUT2D eigenvalue weighted by Crippen LogP contribution is 2.07. The normalized spacial score (nSPS) is 13.6. The molecule has 0 spiro atoms. The number of hydrogen-bond acceptors (Lipinski definition) is 7. The minimum atomic E-state index is -1.62. The van der Waals surface area contributed by atoms with Crippen molar-refractivity contribution in [1.82, 2.24) is 16.0 Å². The van der Waals surface area contributed by atoms with Gasteiger partial charge in [-0.15, -0.1) is 0 Å². The van der Waals surface area contributed by atoms with Crippen LogP contribution in [0.1, 0.15) is 39.5 Å². The topological polar surface area (TPSA) is 237 Å². The van der Waals surface area contributed by atoms with Gasteiger partial charge in [-0.1, -0.05) is 13.8 Å². The molecule has 3 unspecified atom stereocenters. The number of aliphatic carboxylic acids is 1. The molecule has 13 heteroatoms. The van der Waals surface area contributed by atoms with Gasteiger partial charge in [-0.25, -0.2) is 4.79 Å². The molecule has 13 nitrogen and oxygen atoms in total. The van der Waals surface area contributed by atoms with Crippen LogP contribution in [-0.4, -0.2) is 65.3 Å². The Morgan fingerprint density at radius 2 is 1.37 bits per heavy atom. The number of nitrogens with one attached hydrogen (secondary N) is 3. The number of carboxylic acid groups (broad SMARTS) is 1. The van der Waals surface area contributed by atoms with Gasteiger partial charge in [0, 0.05) is 6.42 Å². The molecular weight excluding hydrogens is 400 g/mol. The minimum Gasteiger partial charge on any atom is -0.480 e. The lowest BCUT2D eigenvalue weighted by Gasteiger charge is -2.25. The van der Waals surface area contributed by atoms with E-state index in [0.29, 0.717) is 0 Å². The Labute approximate surface area is 173 Å². The molecule has 5 amide bonds. The van der Waals surface area contributed by atoms with Crippen molar-refractivity contribution in [2.24, 2.45) is 23.1 Å². The fourth-order valence-corrected chi connectivity index (χ4v) is 2.46. The molecule has 0 aromatic carbocycles. The van der Waals surface area contributed by atoms with E-state index in [1.165, 1.54) is 0 Å². The van der Waals surface area contributed by atoms with Crippen LogP contribution in [0.5, 0.6) is 0 Å². The summed E-state index contributed by atoms with van der Waals surface area (Å²) in [6.45, 7) is 3.28. The number of primary amides is 2. The van der Waals surface area contributed by atoms with Gasteiger partial charge in [0.05, 0.1) is 13.0 Å². The van der Waals surface area contributed by atoms with E-state index < -0.39 is 60.1 Å². The van der Waals surface area contributed by atoms with Gasteiger partial charge in [0.25, 0.3) is 0 Å². The van der Waals surface area contributed by atoms with Crippen LogP contribution in [0.3, 0.4) is 0 Å². The van der Waals surface area contributed by atoms with Gasteiger partial charge in [-0.05, 0) is 18.8 Å². The van der Waals surface area contributed by atoms with Crippen LogP contribution in [0.2, 0.25) is 0 Å². The molecule has 0 rings (SSSR count). The molecular formula is C17H30N6O7. The average molecular weight is 430 g/mol. The molecule has 0 aromatic rings. The van der Waals surface area contributed by atoms with Crippen molar-refractivity contribution < 1.29 is 33.9 Å².